The molecule has 2 aromatic heterocycles. The van der Waals surface area contributed by atoms with Crippen molar-refractivity contribution in [1.29, 1.82) is 0 Å². The minimum absolute atomic E-state index is 0.134. The molecule has 0 amide bonds. The van der Waals surface area contributed by atoms with Gasteiger partial charge in [0.15, 0.2) is 6.10 Å². The van der Waals surface area contributed by atoms with Crippen LogP contribution in [0.2, 0.25) is 0 Å². The molecular formula is C29H41N3O5. The van der Waals surface area contributed by atoms with E-state index in [2.05, 4.69) is 23.7 Å². The Morgan fingerprint density at radius 3 is 2.51 bits per heavy atom. The Kier molecular flexibility index (Phi) is 8.09. The summed E-state index contributed by atoms with van der Waals surface area (Å²) < 4.78 is 17.7. The van der Waals surface area contributed by atoms with Crippen LogP contribution >= 0.6 is 0 Å². The summed E-state index contributed by atoms with van der Waals surface area (Å²) in [5.41, 5.74) is 3.21. The van der Waals surface area contributed by atoms with E-state index in [1.165, 1.54) is 0 Å². The van der Waals surface area contributed by atoms with Gasteiger partial charge < -0.3 is 24.2 Å². The average molecular weight is 512 g/mol. The first-order valence-corrected chi connectivity index (χ1v) is 13.3. The van der Waals surface area contributed by atoms with Crippen molar-refractivity contribution >= 4 is 11.7 Å². The van der Waals surface area contributed by atoms with Crippen molar-refractivity contribution in [3.63, 3.8) is 0 Å². The zero-order chi connectivity index (χ0) is 26.8. The highest BCUT2D eigenvalue weighted by Crippen LogP contribution is 2.43. The van der Waals surface area contributed by atoms with Crippen LogP contribution < -0.4 is 9.64 Å². The summed E-state index contributed by atoms with van der Waals surface area (Å²) in [7, 11) is 0. The first-order chi connectivity index (χ1) is 17.4. The molecule has 4 rings (SSSR count). The molecule has 37 heavy (non-hydrogen) atoms. The van der Waals surface area contributed by atoms with Gasteiger partial charge in [0.2, 0.25) is 0 Å². The monoisotopic (exact) mass is 511 g/mol. The molecule has 1 N–H and O–H groups in total. The van der Waals surface area contributed by atoms with Crippen molar-refractivity contribution in [3.8, 4) is 17.0 Å². The molecule has 0 unspecified atom stereocenters. The van der Waals surface area contributed by atoms with Crippen LogP contribution in [0.3, 0.4) is 0 Å². The van der Waals surface area contributed by atoms with Crippen LogP contribution in [0.4, 0.5) is 5.69 Å². The van der Waals surface area contributed by atoms with Gasteiger partial charge in [-0.1, -0.05) is 13.8 Å². The van der Waals surface area contributed by atoms with Crippen LogP contribution in [-0.4, -0.2) is 59.1 Å². The predicted molar refractivity (Wildman–Crippen MR) is 143 cm³/mol. The number of aliphatic carboxylic acids is 1. The number of pyridine rings is 2. The van der Waals surface area contributed by atoms with Crippen molar-refractivity contribution in [3.05, 3.63) is 35.8 Å². The highest BCUT2D eigenvalue weighted by molar-refractivity contribution is 5.85. The molecule has 0 spiro atoms. The number of aromatic nitrogens is 2. The summed E-state index contributed by atoms with van der Waals surface area (Å²) in [4.78, 5) is 24.1. The van der Waals surface area contributed by atoms with Gasteiger partial charge in [-0.3, -0.25) is 9.97 Å². The molecule has 0 saturated carbocycles. The largest absolute Gasteiger partial charge is 0.489 e. The second kappa shape index (κ2) is 11.0. The van der Waals surface area contributed by atoms with E-state index in [-0.39, 0.29) is 11.5 Å². The fourth-order valence-electron chi connectivity index (χ4n) is 4.96. The Bertz CT molecular complexity index is 1080. The van der Waals surface area contributed by atoms with Crippen molar-refractivity contribution in [1.82, 2.24) is 9.97 Å². The molecule has 2 aliphatic heterocycles. The number of nitrogens with zero attached hydrogens (tertiary/aromatic N) is 3. The smallest absolute Gasteiger partial charge is 0.337 e. The molecule has 0 bridgehead atoms. The van der Waals surface area contributed by atoms with Crippen LogP contribution in [0.1, 0.15) is 77.7 Å². The second-order valence-corrected chi connectivity index (χ2v) is 11.9. The highest BCUT2D eigenvalue weighted by atomic mass is 16.5. The minimum Gasteiger partial charge on any atom is -0.489 e. The van der Waals surface area contributed by atoms with E-state index in [1.54, 1.807) is 12.4 Å². The number of aryl methyl sites for hydroxylation is 1. The van der Waals surface area contributed by atoms with Crippen LogP contribution in [-0.2, 0) is 14.3 Å². The number of carboxylic acid groups (broad SMARTS) is 1. The Morgan fingerprint density at radius 1 is 1.22 bits per heavy atom. The molecule has 8 nitrogen and oxygen atoms in total. The van der Waals surface area contributed by atoms with Crippen LogP contribution in [0.25, 0.3) is 11.3 Å². The van der Waals surface area contributed by atoms with Crippen LogP contribution in [0, 0.1) is 12.3 Å². The predicted octanol–water partition coefficient (Wildman–Crippen LogP) is 5.58. The molecule has 4 heterocycles. The Hall–Kier alpha value is -2.71. The second-order valence-electron chi connectivity index (χ2n) is 11.9. The van der Waals surface area contributed by atoms with E-state index >= 15 is 0 Å². The molecule has 2 aromatic rings. The van der Waals surface area contributed by atoms with Gasteiger partial charge in [0.1, 0.15) is 12.4 Å². The maximum absolute atomic E-state index is 12.5. The van der Waals surface area contributed by atoms with E-state index in [0.717, 1.165) is 62.3 Å². The molecule has 2 saturated heterocycles. The van der Waals surface area contributed by atoms with E-state index in [0.29, 0.717) is 23.6 Å². The number of carboxylic acids is 1. The SMILES string of the molecule is Cc1ncc(-c2ccc(OC[C@@H]3CCCO3)cn2)c(N2CCC(C)(C)CC2)c1[C@H](OC(C)(C)C)C(=O)O. The quantitative estimate of drug-likeness (QED) is 0.491. The van der Waals surface area contributed by atoms with Gasteiger partial charge in [-0.05, 0) is 70.9 Å². The molecule has 2 fully saturated rings. The maximum atomic E-state index is 12.5. The lowest BCUT2D eigenvalue weighted by Crippen LogP contribution is -2.39. The highest BCUT2D eigenvalue weighted by Gasteiger charge is 2.36. The summed E-state index contributed by atoms with van der Waals surface area (Å²) in [5, 5.41) is 10.3. The van der Waals surface area contributed by atoms with E-state index in [9.17, 15) is 9.90 Å². The number of piperidine rings is 1. The molecule has 2 atom stereocenters. The molecule has 202 valence electrons. The first kappa shape index (κ1) is 27.3. The standard InChI is InChI=1S/C29H41N3O5/c1-19-24(26(27(33)34)37-28(2,3)4)25(32-13-11-29(5,6)12-14-32)22(17-30-19)23-10-9-20(16-31-23)36-18-21-8-7-15-35-21/h9-10,16-17,21,26H,7-8,11-15,18H2,1-6H3,(H,33,34)/t21-,26-/m0/s1. The van der Waals surface area contributed by atoms with Gasteiger partial charge in [-0.15, -0.1) is 0 Å². The maximum Gasteiger partial charge on any atom is 0.337 e. The summed E-state index contributed by atoms with van der Waals surface area (Å²) in [6.45, 7) is 15.0. The third-order valence-electron chi connectivity index (χ3n) is 7.15. The lowest BCUT2D eigenvalue weighted by molar-refractivity contribution is -0.160. The molecule has 0 radical (unpaired) electrons. The molecule has 0 aromatic carbocycles. The molecule has 2 aliphatic rings. The third kappa shape index (κ3) is 6.79. The number of hydrogen-bond donors (Lipinski definition) is 1. The Labute approximate surface area is 220 Å². The summed E-state index contributed by atoms with van der Waals surface area (Å²) in [6, 6.07) is 3.82. The van der Waals surface area contributed by atoms with Gasteiger partial charge in [0, 0.05) is 42.7 Å². The van der Waals surface area contributed by atoms with E-state index in [4.69, 9.17) is 19.2 Å². The topological polar surface area (TPSA) is 94.0 Å². The van der Waals surface area contributed by atoms with Gasteiger partial charge in [-0.2, -0.15) is 0 Å². The molecular weight excluding hydrogens is 470 g/mol. The average Bonchev–Trinajstić information content (AvgIpc) is 3.35. The van der Waals surface area contributed by atoms with E-state index in [1.807, 2.05) is 39.8 Å². The Balaban J connectivity index is 1.73. The lowest BCUT2D eigenvalue weighted by Gasteiger charge is -2.40. The van der Waals surface area contributed by atoms with Crippen molar-refractivity contribution in [2.24, 2.45) is 5.41 Å². The lowest BCUT2D eigenvalue weighted by atomic mass is 9.82. The summed E-state index contributed by atoms with van der Waals surface area (Å²) in [5.74, 6) is -0.346. The van der Waals surface area contributed by atoms with Gasteiger partial charge in [-0.25, -0.2) is 4.79 Å². The van der Waals surface area contributed by atoms with Gasteiger partial charge >= 0.3 is 5.97 Å². The zero-order valence-corrected chi connectivity index (χ0v) is 23.0. The number of rotatable bonds is 8. The summed E-state index contributed by atoms with van der Waals surface area (Å²) >= 11 is 0. The fourth-order valence-corrected chi connectivity index (χ4v) is 4.96. The third-order valence-corrected chi connectivity index (χ3v) is 7.15. The number of ether oxygens (including phenoxy) is 3. The number of carbonyl (C=O) groups is 1. The zero-order valence-electron chi connectivity index (χ0n) is 23.0. The van der Waals surface area contributed by atoms with Crippen LogP contribution in [0.15, 0.2) is 24.5 Å². The Morgan fingerprint density at radius 2 is 1.95 bits per heavy atom. The summed E-state index contributed by atoms with van der Waals surface area (Å²) in [6.07, 6.45) is 6.61. The van der Waals surface area contributed by atoms with Crippen LogP contribution in [0.5, 0.6) is 5.75 Å². The van der Waals surface area contributed by atoms with E-state index < -0.39 is 17.7 Å². The minimum atomic E-state index is -1.15. The fraction of sp³-hybridized carbons (Fsp3) is 0.621. The first-order valence-electron chi connectivity index (χ1n) is 13.3. The van der Waals surface area contributed by atoms with Crippen molar-refractivity contribution in [2.75, 3.05) is 31.2 Å². The van der Waals surface area contributed by atoms with Gasteiger partial charge in [0.05, 0.1) is 29.3 Å². The van der Waals surface area contributed by atoms with Crippen molar-refractivity contribution < 1.29 is 24.1 Å². The molecule has 8 heteroatoms. The van der Waals surface area contributed by atoms with Gasteiger partial charge in [0.25, 0.3) is 0 Å². The number of anilines is 1. The van der Waals surface area contributed by atoms with Crippen molar-refractivity contribution in [2.45, 2.75) is 85.0 Å². The number of hydrogen-bond acceptors (Lipinski definition) is 7. The normalized spacial score (nSPS) is 20.6. The molecule has 0 aliphatic carbocycles.